The highest BCUT2D eigenvalue weighted by Gasteiger charge is 2.20. The summed E-state index contributed by atoms with van der Waals surface area (Å²) in [6.45, 7) is 6.37. The first-order valence-corrected chi connectivity index (χ1v) is 8.84. The molecule has 1 unspecified atom stereocenters. The molecule has 0 radical (unpaired) electrons. The highest BCUT2D eigenvalue weighted by molar-refractivity contribution is 7.89. The van der Waals surface area contributed by atoms with Gasteiger partial charge in [-0.2, -0.15) is 0 Å². The van der Waals surface area contributed by atoms with Crippen molar-refractivity contribution in [2.24, 2.45) is 0 Å². The normalized spacial score (nSPS) is 19.4. The van der Waals surface area contributed by atoms with E-state index in [9.17, 15) is 8.42 Å². The number of benzene rings is 1. The minimum absolute atomic E-state index is 0.306. The molecule has 0 bridgehead atoms. The van der Waals surface area contributed by atoms with Gasteiger partial charge in [-0.1, -0.05) is 12.1 Å². The monoisotopic (exact) mass is 311 g/mol. The minimum atomic E-state index is -3.34. The van der Waals surface area contributed by atoms with E-state index in [1.807, 2.05) is 12.1 Å². The Labute approximate surface area is 128 Å². The van der Waals surface area contributed by atoms with Crippen molar-refractivity contribution in [3.8, 4) is 0 Å². The largest absolute Gasteiger partial charge is 0.315 e. The maximum Gasteiger partial charge on any atom is 0.242 e. The Balaban J connectivity index is 2.14. The van der Waals surface area contributed by atoms with E-state index in [1.54, 1.807) is 26.2 Å². The smallest absolute Gasteiger partial charge is 0.242 e. The van der Waals surface area contributed by atoms with Crippen molar-refractivity contribution in [3.63, 3.8) is 0 Å². The quantitative estimate of drug-likeness (QED) is 0.910. The lowest BCUT2D eigenvalue weighted by Crippen LogP contribution is -2.30. The van der Waals surface area contributed by atoms with Crippen LogP contribution in [0.1, 0.15) is 24.9 Å². The van der Waals surface area contributed by atoms with Crippen molar-refractivity contribution in [1.29, 1.82) is 0 Å². The molecule has 5 nitrogen and oxygen atoms in total. The van der Waals surface area contributed by atoms with Gasteiger partial charge in [-0.05, 0) is 44.1 Å². The average Bonchev–Trinajstić information content (AvgIpc) is 2.75. The van der Waals surface area contributed by atoms with Gasteiger partial charge < -0.3 is 5.32 Å². The van der Waals surface area contributed by atoms with Gasteiger partial charge in [0.2, 0.25) is 10.0 Å². The fraction of sp³-hybridized carbons (Fsp3) is 0.600. The highest BCUT2D eigenvalue weighted by Crippen LogP contribution is 2.23. The Morgan fingerprint density at radius 2 is 1.81 bits per heavy atom. The first-order valence-electron chi connectivity index (χ1n) is 7.40. The Hall–Kier alpha value is -0.950. The number of nitrogens with one attached hydrogen (secondary N) is 1. The van der Waals surface area contributed by atoms with Gasteiger partial charge in [0.05, 0.1) is 4.90 Å². The van der Waals surface area contributed by atoms with E-state index in [0.29, 0.717) is 10.9 Å². The maximum absolute atomic E-state index is 12.1. The summed E-state index contributed by atoms with van der Waals surface area (Å²) in [6, 6.07) is 7.58. The van der Waals surface area contributed by atoms with Gasteiger partial charge >= 0.3 is 0 Å². The molecule has 6 heteroatoms. The van der Waals surface area contributed by atoms with Gasteiger partial charge in [0.1, 0.15) is 0 Å². The molecule has 1 heterocycles. The van der Waals surface area contributed by atoms with Gasteiger partial charge in [-0.3, -0.25) is 4.90 Å². The molecule has 0 spiro atoms. The Morgan fingerprint density at radius 3 is 2.43 bits per heavy atom. The molecule has 1 aromatic carbocycles. The van der Waals surface area contributed by atoms with Crippen molar-refractivity contribution in [2.45, 2.75) is 24.3 Å². The molecule has 0 amide bonds. The molecule has 1 atom stereocenters. The van der Waals surface area contributed by atoms with Crippen LogP contribution in [-0.2, 0) is 10.0 Å². The topological polar surface area (TPSA) is 52.7 Å². The maximum atomic E-state index is 12.1. The zero-order chi connectivity index (χ0) is 15.5. The first kappa shape index (κ1) is 16.4. The molecule has 0 aliphatic carbocycles. The summed E-state index contributed by atoms with van der Waals surface area (Å²) in [7, 11) is -0.237. The second-order valence-corrected chi connectivity index (χ2v) is 7.82. The molecule has 0 aromatic heterocycles. The molecular formula is C15H25N3O2S. The summed E-state index contributed by atoms with van der Waals surface area (Å²) in [4.78, 5) is 2.79. The molecule has 0 saturated carbocycles. The fourth-order valence-corrected chi connectivity index (χ4v) is 3.50. The van der Waals surface area contributed by atoms with Gasteiger partial charge in [0.25, 0.3) is 0 Å². The molecule has 1 fully saturated rings. The van der Waals surface area contributed by atoms with E-state index in [2.05, 4.69) is 17.1 Å². The van der Waals surface area contributed by atoms with Crippen LogP contribution in [0.5, 0.6) is 0 Å². The third kappa shape index (κ3) is 3.83. The number of nitrogens with zero attached hydrogens (tertiary/aromatic N) is 2. The Kier molecular flexibility index (Phi) is 5.37. The van der Waals surface area contributed by atoms with Crippen molar-refractivity contribution in [2.75, 3.05) is 40.3 Å². The van der Waals surface area contributed by atoms with E-state index in [-0.39, 0.29) is 0 Å². The van der Waals surface area contributed by atoms with E-state index < -0.39 is 10.0 Å². The van der Waals surface area contributed by atoms with Gasteiger partial charge in [-0.15, -0.1) is 0 Å². The molecule has 1 N–H and O–H groups in total. The number of rotatable bonds is 4. The molecule has 1 aromatic rings. The molecule has 2 rings (SSSR count). The van der Waals surface area contributed by atoms with Crippen LogP contribution in [-0.4, -0.2) is 57.9 Å². The van der Waals surface area contributed by atoms with Crippen molar-refractivity contribution < 1.29 is 8.42 Å². The molecule has 118 valence electrons. The highest BCUT2D eigenvalue weighted by atomic mass is 32.2. The SMILES string of the molecule is CC(c1ccc(S(=O)(=O)N(C)C)cc1)N1CCCNCC1. The predicted octanol–water partition coefficient (Wildman–Crippen LogP) is 1.29. The van der Waals surface area contributed by atoms with E-state index in [1.165, 1.54) is 4.31 Å². The summed E-state index contributed by atoms with van der Waals surface area (Å²) >= 11 is 0. The van der Waals surface area contributed by atoms with Crippen molar-refractivity contribution in [3.05, 3.63) is 29.8 Å². The molecule has 1 aliphatic heterocycles. The number of hydrogen-bond donors (Lipinski definition) is 1. The zero-order valence-electron chi connectivity index (χ0n) is 13.0. The molecule has 21 heavy (non-hydrogen) atoms. The van der Waals surface area contributed by atoms with Crippen LogP contribution in [0, 0.1) is 0 Å². The van der Waals surface area contributed by atoms with Crippen molar-refractivity contribution in [1.82, 2.24) is 14.5 Å². The molecule has 1 saturated heterocycles. The third-order valence-corrected chi connectivity index (χ3v) is 5.89. The summed E-state index contributed by atoms with van der Waals surface area (Å²) in [5.74, 6) is 0. The summed E-state index contributed by atoms with van der Waals surface area (Å²) < 4.78 is 25.4. The van der Waals surface area contributed by atoms with Crippen molar-refractivity contribution >= 4 is 10.0 Å². The lowest BCUT2D eigenvalue weighted by atomic mass is 10.1. The number of sulfonamides is 1. The fourth-order valence-electron chi connectivity index (χ4n) is 2.59. The Bertz CT molecular complexity index is 547. The number of hydrogen-bond acceptors (Lipinski definition) is 4. The van der Waals surface area contributed by atoms with Crippen LogP contribution in [0.25, 0.3) is 0 Å². The second kappa shape index (κ2) is 6.87. The summed E-state index contributed by atoms with van der Waals surface area (Å²) in [5.41, 5.74) is 1.16. The van der Waals surface area contributed by atoms with Crippen LogP contribution in [0.2, 0.25) is 0 Å². The van der Waals surface area contributed by atoms with Crippen LogP contribution in [0.4, 0.5) is 0 Å². The molecule has 1 aliphatic rings. The van der Waals surface area contributed by atoms with E-state index in [4.69, 9.17) is 0 Å². The lowest BCUT2D eigenvalue weighted by molar-refractivity contribution is 0.225. The van der Waals surface area contributed by atoms with Crippen LogP contribution in [0.15, 0.2) is 29.2 Å². The third-order valence-electron chi connectivity index (χ3n) is 4.06. The average molecular weight is 311 g/mol. The van der Waals surface area contributed by atoms with E-state index >= 15 is 0 Å². The molecular weight excluding hydrogens is 286 g/mol. The zero-order valence-corrected chi connectivity index (χ0v) is 13.9. The van der Waals surface area contributed by atoms with Gasteiger partial charge in [0, 0.05) is 33.2 Å². The minimum Gasteiger partial charge on any atom is -0.315 e. The van der Waals surface area contributed by atoms with E-state index in [0.717, 1.165) is 38.2 Å². The van der Waals surface area contributed by atoms with Gasteiger partial charge in [0.15, 0.2) is 0 Å². The van der Waals surface area contributed by atoms with Crippen LogP contribution in [0.3, 0.4) is 0 Å². The van der Waals surface area contributed by atoms with Gasteiger partial charge in [-0.25, -0.2) is 12.7 Å². The lowest BCUT2D eigenvalue weighted by Gasteiger charge is -2.27. The summed E-state index contributed by atoms with van der Waals surface area (Å²) in [6.07, 6.45) is 1.15. The second-order valence-electron chi connectivity index (χ2n) is 5.67. The first-order chi connectivity index (χ1) is 9.93. The standard InChI is InChI=1S/C15H25N3O2S/c1-13(18-11-4-9-16-10-12-18)14-5-7-15(8-6-14)21(19,20)17(2)3/h5-8,13,16H,4,9-12H2,1-3H3. The summed E-state index contributed by atoms with van der Waals surface area (Å²) in [5, 5.41) is 3.40. The van der Waals surface area contributed by atoms with Crippen LogP contribution >= 0.6 is 0 Å². The Morgan fingerprint density at radius 1 is 1.14 bits per heavy atom. The predicted molar refractivity (Wildman–Crippen MR) is 84.8 cm³/mol. The van der Waals surface area contributed by atoms with Crippen LogP contribution < -0.4 is 5.32 Å².